The van der Waals surface area contributed by atoms with Crippen molar-refractivity contribution in [2.45, 2.75) is 25.4 Å². The lowest BCUT2D eigenvalue weighted by molar-refractivity contribution is 0.0762. The molecule has 3 aromatic rings. The molecule has 5 N–H and O–H groups in total. The Kier molecular flexibility index (Phi) is 5.91. The number of carbonyl (C=O) groups excluding carboxylic acids is 2. The highest BCUT2D eigenvalue weighted by Gasteiger charge is 2.37. The van der Waals surface area contributed by atoms with Crippen LogP contribution in [-0.2, 0) is 11.3 Å². The third-order valence-electron chi connectivity index (χ3n) is 6.30. The number of hydrogen-bond donors (Lipinski definition) is 3. The molecule has 10 heteroatoms. The van der Waals surface area contributed by atoms with Crippen LogP contribution in [0.1, 0.15) is 28.9 Å². The van der Waals surface area contributed by atoms with Gasteiger partial charge in [0.15, 0.2) is 5.78 Å². The molecule has 1 aromatic carbocycles. The lowest BCUT2D eigenvalue weighted by Gasteiger charge is -2.31. The summed E-state index contributed by atoms with van der Waals surface area (Å²) < 4.78 is 6.83. The minimum Gasteiger partial charge on any atom is -0.381 e. The Morgan fingerprint density at radius 3 is 2.50 bits per heavy atom. The van der Waals surface area contributed by atoms with Gasteiger partial charge in [-0.3, -0.25) is 19.5 Å². The summed E-state index contributed by atoms with van der Waals surface area (Å²) in [5, 5.41) is 4.50. The molecular weight excluding hydrogens is 434 g/mol. The Morgan fingerprint density at radius 1 is 1.09 bits per heavy atom. The number of pyridine rings is 1. The molecule has 5 rings (SSSR count). The molecule has 4 heterocycles. The molecule has 34 heavy (non-hydrogen) atoms. The van der Waals surface area contributed by atoms with E-state index < -0.39 is 0 Å². The number of ketones is 1. The van der Waals surface area contributed by atoms with Gasteiger partial charge in [-0.15, -0.1) is 0 Å². The number of nitrogen functional groups attached to an aromatic ring is 1. The fraction of sp³-hybridized carbons (Fsp3) is 0.292. The summed E-state index contributed by atoms with van der Waals surface area (Å²) in [6.07, 6.45) is 4.82. The molecule has 0 atom stereocenters. The summed E-state index contributed by atoms with van der Waals surface area (Å²) in [4.78, 5) is 32.0. The van der Waals surface area contributed by atoms with E-state index in [9.17, 15) is 9.59 Å². The average molecular weight is 462 g/mol. The van der Waals surface area contributed by atoms with Crippen molar-refractivity contribution in [3.05, 3.63) is 66.1 Å². The van der Waals surface area contributed by atoms with Gasteiger partial charge in [-0.1, -0.05) is 18.2 Å². The Labute approximate surface area is 197 Å². The molecular formula is C24H27N7O3. The van der Waals surface area contributed by atoms with Crippen LogP contribution in [0.3, 0.4) is 0 Å². The van der Waals surface area contributed by atoms with E-state index in [4.69, 9.17) is 16.4 Å². The van der Waals surface area contributed by atoms with Crippen molar-refractivity contribution in [2.75, 3.05) is 30.6 Å². The highest BCUT2D eigenvalue weighted by Crippen LogP contribution is 2.41. The number of Topliss-reactive ketones (excluding diaryl/α,β-unsaturated/α-hetero) is 1. The number of fused-ring (bicyclic) bond motifs is 1. The van der Waals surface area contributed by atoms with E-state index in [2.05, 4.69) is 10.3 Å². The molecule has 2 aliphatic rings. The Morgan fingerprint density at radius 2 is 1.79 bits per heavy atom. The second-order valence-corrected chi connectivity index (χ2v) is 8.45. The number of aromatic nitrogens is 2. The third-order valence-corrected chi connectivity index (χ3v) is 6.30. The molecule has 176 valence electrons. The standard InChI is InChI=1S/C24H27N7O3/c25-30(18-4-2-1-3-5-18)23-21-19(31(26)22(23)16-6-10-27-11-7-16)14-29(15-20(21)32)24(33)28-17-8-12-34-13-9-17/h1-7,10-11,17H,8-9,12-15,25-26H2,(H,28,33). The number of urea groups is 1. The van der Waals surface area contributed by atoms with Crippen molar-refractivity contribution in [3.63, 3.8) is 0 Å². The molecule has 1 saturated heterocycles. The average Bonchev–Trinajstić information content (AvgIpc) is 3.18. The first-order valence-corrected chi connectivity index (χ1v) is 11.2. The predicted molar refractivity (Wildman–Crippen MR) is 128 cm³/mol. The van der Waals surface area contributed by atoms with Crippen molar-refractivity contribution in [2.24, 2.45) is 5.84 Å². The maximum Gasteiger partial charge on any atom is 0.318 e. The van der Waals surface area contributed by atoms with Crippen LogP contribution < -0.4 is 22.0 Å². The minimum atomic E-state index is -0.285. The van der Waals surface area contributed by atoms with E-state index in [-0.39, 0.29) is 30.9 Å². The van der Waals surface area contributed by atoms with Crippen molar-refractivity contribution >= 4 is 23.2 Å². The molecule has 2 aromatic heterocycles. The SMILES string of the molecule is NN(c1ccccc1)c1c2c(n(N)c1-c1ccncc1)CN(C(=O)NC1CCOCC1)CC2=O. The first-order chi connectivity index (χ1) is 16.5. The number of anilines is 2. The van der Waals surface area contributed by atoms with Crippen LogP contribution in [0.15, 0.2) is 54.9 Å². The predicted octanol–water partition coefficient (Wildman–Crippen LogP) is 2.16. The zero-order valence-corrected chi connectivity index (χ0v) is 18.7. The number of benzene rings is 1. The maximum atomic E-state index is 13.4. The second-order valence-electron chi connectivity index (χ2n) is 8.45. The molecule has 0 aliphatic carbocycles. The molecule has 0 radical (unpaired) electrons. The normalized spacial score (nSPS) is 16.3. The topological polar surface area (TPSA) is 132 Å². The van der Waals surface area contributed by atoms with Crippen LogP contribution >= 0.6 is 0 Å². The number of nitrogens with one attached hydrogen (secondary N) is 1. The molecule has 2 aliphatic heterocycles. The molecule has 0 unspecified atom stereocenters. The van der Waals surface area contributed by atoms with Crippen LogP contribution in [0.5, 0.6) is 0 Å². The zero-order valence-electron chi connectivity index (χ0n) is 18.7. The lowest BCUT2D eigenvalue weighted by atomic mass is 10.0. The fourth-order valence-corrected chi connectivity index (χ4v) is 4.55. The monoisotopic (exact) mass is 461 g/mol. The number of hydrogen-bond acceptors (Lipinski definition) is 7. The van der Waals surface area contributed by atoms with Gasteiger partial charge in [-0.25, -0.2) is 10.6 Å². The molecule has 10 nitrogen and oxygen atoms in total. The van der Waals surface area contributed by atoms with Crippen LogP contribution in [0, 0.1) is 0 Å². The maximum absolute atomic E-state index is 13.4. The van der Waals surface area contributed by atoms with Gasteiger partial charge in [0, 0.05) is 37.2 Å². The highest BCUT2D eigenvalue weighted by molar-refractivity contribution is 6.09. The Bertz CT molecular complexity index is 1190. The van der Waals surface area contributed by atoms with E-state index in [1.165, 1.54) is 14.6 Å². The van der Waals surface area contributed by atoms with Crippen LogP contribution in [-0.4, -0.2) is 52.2 Å². The molecule has 0 bridgehead atoms. The number of rotatable bonds is 4. The summed E-state index contributed by atoms with van der Waals surface area (Å²) in [6, 6.07) is 12.7. The third kappa shape index (κ3) is 3.97. The van der Waals surface area contributed by atoms with Crippen molar-refractivity contribution in [3.8, 4) is 11.3 Å². The summed E-state index contributed by atoms with van der Waals surface area (Å²) in [7, 11) is 0. The molecule has 2 amide bonds. The molecule has 1 fully saturated rings. The number of ether oxygens (including phenoxy) is 1. The van der Waals surface area contributed by atoms with E-state index in [0.717, 1.165) is 18.4 Å². The van der Waals surface area contributed by atoms with Gasteiger partial charge in [-0.2, -0.15) is 0 Å². The van der Waals surface area contributed by atoms with E-state index in [1.807, 2.05) is 42.5 Å². The quantitative estimate of drug-likeness (QED) is 0.401. The smallest absolute Gasteiger partial charge is 0.318 e. The van der Waals surface area contributed by atoms with Gasteiger partial charge >= 0.3 is 6.03 Å². The highest BCUT2D eigenvalue weighted by atomic mass is 16.5. The van der Waals surface area contributed by atoms with Gasteiger partial charge in [0.25, 0.3) is 0 Å². The van der Waals surface area contributed by atoms with Gasteiger partial charge < -0.3 is 20.8 Å². The van der Waals surface area contributed by atoms with E-state index in [1.54, 1.807) is 12.4 Å². The summed E-state index contributed by atoms with van der Waals surface area (Å²) in [6.45, 7) is 1.36. The van der Waals surface area contributed by atoms with Crippen molar-refractivity contribution < 1.29 is 14.3 Å². The Balaban J connectivity index is 1.55. The van der Waals surface area contributed by atoms with Gasteiger partial charge in [0.05, 0.1) is 41.4 Å². The Hall–Kier alpha value is -3.89. The summed E-state index contributed by atoms with van der Waals surface area (Å²) >= 11 is 0. The largest absolute Gasteiger partial charge is 0.381 e. The van der Waals surface area contributed by atoms with Crippen molar-refractivity contribution in [1.82, 2.24) is 19.9 Å². The van der Waals surface area contributed by atoms with Crippen LogP contribution in [0.2, 0.25) is 0 Å². The first kappa shape index (κ1) is 21.9. The van der Waals surface area contributed by atoms with Crippen LogP contribution in [0.25, 0.3) is 11.3 Å². The second kappa shape index (κ2) is 9.16. The lowest BCUT2D eigenvalue weighted by Crippen LogP contribution is -2.50. The summed E-state index contributed by atoms with van der Waals surface area (Å²) in [5.74, 6) is 12.9. The zero-order chi connectivity index (χ0) is 23.7. The van der Waals surface area contributed by atoms with Crippen LogP contribution in [0.4, 0.5) is 16.2 Å². The first-order valence-electron chi connectivity index (χ1n) is 11.2. The number of para-hydroxylation sites is 1. The van der Waals surface area contributed by atoms with Gasteiger partial charge in [0.1, 0.15) is 0 Å². The number of amides is 2. The number of nitrogens with two attached hydrogens (primary N) is 2. The van der Waals surface area contributed by atoms with Crippen molar-refractivity contribution in [1.29, 1.82) is 0 Å². The van der Waals surface area contributed by atoms with E-state index >= 15 is 0 Å². The van der Waals surface area contributed by atoms with Gasteiger partial charge in [0.2, 0.25) is 0 Å². The summed E-state index contributed by atoms with van der Waals surface area (Å²) in [5.41, 5.74) is 3.52. The van der Waals surface area contributed by atoms with E-state index in [0.29, 0.717) is 41.5 Å². The minimum absolute atomic E-state index is 0.0305. The fourth-order valence-electron chi connectivity index (χ4n) is 4.55. The molecule has 0 saturated carbocycles. The number of nitrogens with zero attached hydrogens (tertiary/aromatic N) is 4. The number of carbonyl (C=O) groups is 2. The van der Waals surface area contributed by atoms with Gasteiger partial charge in [-0.05, 0) is 37.1 Å². The number of hydrazine groups is 1. The molecule has 0 spiro atoms.